The molecule has 0 aromatic rings. The minimum Gasteiger partial charge on any atom is -0.325 e. The van der Waals surface area contributed by atoms with Crippen LogP contribution in [0.1, 0.15) is 52.4 Å². The molecule has 1 aliphatic heterocycles. The Bertz CT molecular complexity index is 485. The fourth-order valence-corrected chi connectivity index (χ4v) is 4.20. The lowest BCUT2D eigenvalue weighted by Gasteiger charge is -2.29. The number of sulfone groups is 1. The van der Waals surface area contributed by atoms with Crippen molar-refractivity contribution in [3.05, 3.63) is 0 Å². The SMILES string of the molecule is CCC1(C)NC(C2CCCC2)N(CCCS(C)(=O)=O)C1=O. The highest BCUT2D eigenvalue weighted by Crippen LogP contribution is 2.35. The fraction of sp³-hybridized carbons (Fsp3) is 0.933. The third kappa shape index (κ3) is 3.77. The van der Waals surface area contributed by atoms with E-state index in [0.29, 0.717) is 18.9 Å². The van der Waals surface area contributed by atoms with Crippen molar-refractivity contribution in [1.29, 1.82) is 0 Å². The summed E-state index contributed by atoms with van der Waals surface area (Å²) in [5.41, 5.74) is -0.488. The van der Waals surface area contributed by atoms with E-state index in [9.17, 15) is 13.2 Å². The number of hydrogen-bond donors (Lipinski definition) is 1. The third-order valence-corrected chi connectivity index (χ3v) is 6.03. The quantitative estimate of drug-likeness (QED) is 0.807. The van der Waals surface area contributed by atoms with Gasteiger partial charge in [-0.25, -0.2) is 8.42 Å². The zero-order valence-corrected chi connectivity index (χ0v) is 14.2. The number of hydrogen-bond acceptors (Lipinski definition) is 4. The van der Waals surface area contributed by atoms with Crippen LogP contribution in [-0.2, 0) is 14.6 Å². The number of carbonyl (C=O) groups excluding carboxylic acids is 1. The standard InChI is InChI=1S/C15H28N2O3S/c1-4-15(2)14(18)17(10-7-11-21(3,19)20)13(16-15)12-8-5-6-9-12/h12-13,16H,4-11H2,1-3H3. The number of carbonyl (C=O) groups is 1. The minimum atomic E-state index is -2.96. The van der Waals surface area contributed by atoms with Gasteiger partial charge in [-0.1, -0.05) is 19.8 Å². The van der Waals surface area contributed by atoms with Crippen molar-refractivity contribution < 1.29 is 13.2 Å². The number of amides is 1. The molecule has 2 atom stereocenters. The van der Waals surface area contributed by atoms with E-state index >= 15 is 0 Å². The topological polar surface area (TPSA) is 66.5 Å². The molecule has 0 aromatic heterocycles. The molecule has 122 valence electrons. The van der Waals surface area contributed by atoms with E-state index in [-0.39, 0.29) is 17.8 Å². The van der Waals surface area contributed by atoms with Gasteiger partial charge in [-0.15, -0.1) is 0 Å². The summed E-state index contributed by atoms with van der Waals surface area (Å²) in [6, 6.07) is 0. The molecule has 6 heteroatoms. The Kier molecular flexibility index (Phi) is 4.98. The second-order valence-electron chi connectivity index (χ2n) is 6.80. The molecule has 1 heterocycles. The molecule has 0 aromatic carbocycles. The van der Waals surface area contributed by atoms with Crippen molar-refractivity contribution in [2.45, 2.75) is 64.1 Å². The molecule has 2 fully saturated rings. The van der Waals surface area contributed by atoms with E-state index in [4.69, 9.17) is 0 Å². The third-order valence-electron chi connectivity index (χ3n) is 5.00. The smallest absolute Gasteiger partial charge is 0.243 e. The summed E-state index contributed by atoms with van der Waals surface area (Å²) in [7, 11) is -2.96. The van der Waals surface area contributed by atoms with Gasteiger partial charge in [0.25, 0.3) is 0 Å². The van der Waals surface area contributed by atoms with Crippen LogP contribution < -0.4 is 5.32 Å². The van der Waals surface area contributed by atoms with Crippen LogP contribution in [0.5, 0.6) is 0 Å². The van der Waals surface area contributed by atoms with Gasteiger partial charge in [-0.05, 0) is 38.5 Å². The summed E-state index contributed by atoms with van der Waals surface area (Å²) < 4.78 is 22.6. The van der Waals surface area contributed by atoms with Gasteiger partial charge in [-0.2, -0.15) is 0 Å². The normalized spacial score (nSPS) is 31.3. The summed E-state index contributed by atoms with van der Waals surface area (Å²) in [4.78, 5) is 14.6. The first-order chi connectivity index (χ1) is 9.77. The molecule has 5 nitrogen and oxygen atoms in total. The Morgan fingerprint density at radius 2 is 1.95 bits per heavy atom. The van der Waals surface area contributed by atoms with Crippen LogP contribution in [-0.4, -0.2) is 49.5 Å². The average Bonchev–Trinajstić information content (AvgIpc) is 3.00. The highest BCUT2D eigenvalue weighted by Gasteiger charge is 2.49. The van der Waals surface area contributed by atoms with E-state index in [0.717, 1.165) is 19.3 Å². The molecule has 2 unspecified atom stereocenters. The fourth-order valence-electron chi connectivity index (χ4n) is 3.55. The van der Waals surface area contributed by atoms with Gasteiger partial charge in [0.2, 0.25) is 5.91 Å². The van der Waals surface area contributed by atoms with Crippen LogP contribution in [0.3, 0.4) is 0 Å². The second kappa shape index (κ2) is 6.24. The first-order valence-electron chi connectivity index (χ1n) is 8.03. The maximum Gasteiger partial charge on any atom is 0.243 e. The summed E-state index contributed by atoms with van der Waals surface area (Å²) in [5, 5.41) is 3.53. The van der Waals surface area contributed by atoms with Crippen LogP contribution >= 0.6 is 0 Å². The van der Waals surface area contributed by atoms with Crippen LogP contribution in [0.2, 0.25) is 0 Å². The number of nitrogens with zero attached hydrogens (tertiary/aromatic N) is 1. The molecule has 1 amide bonds. The van der Waals surface area contributed by atoms with Crippen molar-refractivity contribution in [1.82, 2.24) is 10.2 Å². The van der Waals surface area contributed by atoms with Gasteiger partial charge < -0.3 is 4.90 Å². The maximum atomic E-state index is 12.7. The van der Waals surface area contributed by atoms with Gasteiger partial charge in [0.15, 0.2) is 0 Å². The Balaban J connectivity index is 2.07. The molecule has 0 spiro atoms. The Morgan fingerprint density at radius 3 is 2.48 bits per heavy atom. The summed E-state index contributed by atoms with van der Waals surface area (Å²) in [6.45, 7) is 4.53. The van der Waals surface area contributed by atoms with Crippen molar-refractivity contribution in [3.63, 3.8) is 0 Å². The monoisotopic (exact) mass is 316 g/mol. The predicted octanol–water partition coefficient (Wildman–Crippen LogP) is 1.54. The molecular formula is C15H28N2O3S. The second-order valence-corrected chi connectivity index (χ2v) is 9.06. The lowest BCUT2D eigenvalue weighted by molar-refractivity contribution is -0.133. The predicted molar refractivity (Wildman–Crippen MR) is 83.6 cm³/mol. The lowest BCUT2D eigenvalue weighted by Crippen LogP contribution is -2.45. The number of nitrogens with one attached hydrogen (secondary N) is 1. The highest BCUT2D eigenvalue weighted by atomic mass is 32.2. The zero-order chi connectivity index (χ0) is 15.7. The summed E-state index contributed by atoms with van der Waals surface area (Å²) in [6.07, 6.45) is 7.41. The van der Waals surface area contributed by atoms with E-state index in [1.807, 2.05) is 18.7 Å². The van der Waals surface area contributed by atoms with Crippen molar-refractivity contribution in [3.8, 4) is 0 Å². The van der Waals surface area contributed by atoms with Gasteiger partial charge >= 0.3 is 0 Å². The molecule has 21 heavy (non-hydrogen) atoms. The Hall–Kier alpha value is -0.620. The molecule has 0 radical (unpaired) electrons. The zero-order valence-electron chi connectivity index (χ0n) is 13.4. The summed E-state index contributed by atoms with van der Waals surface area (Å²) >= 11 is 0. The molecular weight excluding hydrogens is 288 g/mol. The van der Waals surface area contributed by atoms with Crippen molar-refractivity contribution in [2.24, 2.45) is 5.92 Å². The molecule has 1 N–H and O–H groups in total. The van der Waals surface area contributed by atoms with E-state index in [1.165, 1.54) is 19.1 Å². The van der Waals surface area contributed by atoms with Gasteiger partial charge in [0, 0.05) is 12.8 Å². The van der Waals surface area contributed by atoms with Crippen LogP contribution in [0.25, 0.3) is 0 Å². The largest absolute Gasteiger partial charge is 0.325 e. The molecule has 0 bridgehead atoms. The number of rotatable bonds is 6. The summed E-state index contributed by atoms with van der Waals surface area (Å²) in [5.74, 6) is 0.799. The average molecular weight is 316 g/mol. The molecule has 2 aliphatic rings. The van der Waals surface area contributed by atoms with Crippen LogP contribution in [0.4, 0.5) is 0 Å². The van der Waals surface area contributed by atoms with Crippen molar-refractivity contribution >= 4 is 15.7 Å². The molecule has 2 rings (SSSR count). The van der Waals surface area contributed by atoms with E-state index < -0.39 is 15.4 Å². The Morgan fingerprint density at radius 1 is 1.33 bits per heavy atom. The maximum absolute atomic E-state index is 12.7. The molecule has 1 aliphatic carbocycles. The van der Waals surface area contributed by atoms with E-state index in [1.54, 1.807) is 0 Å². The minimum absolute atomic E-state index is 0.0875. The van der Waals surface area contributed by atoms with Gasteiger partial charge in [-0.3, -0.25) is 10.1 Å². The van der Waals surface area contributed by atoms with Crippen LogP contribution in [0.15, 0.2) is 0 Å². The first-order valence-corrected chi connectivity index (χ1v) is 10.1. The van der Waals surface area contributed by atoms with Gasteiger partial charge in [0.05, 0.1) is 17.5 Å². The Labute approximate surface area is 128 Å². The van der Waals surface area contributed by atoms with Crippen molar-refractivity contribution in [2.75, 3.05) is 18.6 Å². The van der Waals surface area contributed by atoms with Gasteiger partial charge in [0.1, 0.15) is 9.84 Å². The first kappa shape index (κ1) is 16.7. The lowest BCUT2D eigenvalue weighted by atomic mass is 9.99. The van der Waals surface area contributed by atoms with Crippen LogP contribution in [0, 0.1) is 5.92 Å². The van der Waals surface area contributed by atoms with E-state index in [2.05, 4.69) is 5.32 Å². The molecule has 1 saturated carbocycles. The molecule has 1 saturated heterocycles. The highest BCUT2D eigenvalue weighted by molar-refractivity contribution is 7.90.